The zero-order valence-electron chi connectivity index (χ0n) is 33.6. The summed E-state index contributed by atoms with van der Waals surface area (Å²) in [6.45, 7) is 6.15. The number of aromatic nitrogens is 5. The third-order valence-corrected chi connectivity index (χ3v) is 10.4. The molecule has 9 rings (SSSR count). The van der Waals surface area contributed by atoms with Crippen LogP contribution in [0.15, 0.2) is 218 Å². The van der Waals surface area contributed by atoms with Gasteiger partial charge in [-0.1, -0.05) is 158 Å². The largest absolute Gasteiger partial charge is 0.257 e. The smallest absolute Gasteiger partial charge is 0.164 e. The van der Waals surface area contributed by atoms with Crippen molar-refractivity contribution in [2.75, 3.05) is 0 Å². The standard InChI is InChI=1S/C55H40N6/c1-3-4-30-56-38(2)39-22-24-42(25-23-39)49-35-50(43-26-28-44(29-27-43)52-57-31-13-32-58-52)37-51(36-49)55-60-53(47-20-11-18-45(33-47)40-14-7-5-8-15-40)59-54(61-55)48-21-12-19-46(34-48)41-16-9-6-10-17-41/h3-37H,2H2,1H3/b4-3-,56-30?. The van der Waals surface area contributed by atoms with E-state index in [2.05, 4.69) is 185 Å². The number of allylic oxidation sites excluding steroid dienone is 2. The van der Waals surface area contributed by atoms with Crippen molar-refractivity contribution < 1.29 is 0 Å². The molecule has 0 N–H and O–H groups in total. The normalized spacial score (nSPS) is 11.3. The molecular weight excluding hydrogens is 745 g/mol. The molecule has 6 nitrogen and oxygen atoms in total. The molecule has 0 spiro atoms. The Hall–Kier alpha value is -8.22. The summed E-state index contributed by atoms with van der Waals surface area (Å²) >= 11 is 0. The zero-order chi connectivity index (χ0) is 41.4. The van der Waals surface area contributed by atoms with Crippen molar-refractivity contribution in [3.63, 3.8) is 0 Å². The highest BCUT2D eigenvalue weighted by Gasteiger charge is 2.16. The van der Waals surface area contributed by atoms with Gasteiger partial charge in [0.1, 0.15) is 0 Å². The average molecular weight is 785 g/mol. The summed E-state index contributed by atoms with van der Waals surface area (Å²) in [6.07, 6.45) is 9.11. The van der Waals surface area contributed by atoms with Gasteiger partial charge in [0.2, 0.25) is 0 Å². The van der Waals surface area contributed by atoms with Crippen LogP contribution in [0, 0.1) is 0 Å². The topological polar surface area (TPSA) is 76.8 Å². The number of hydrogen-bond donors (Lipinski definition) is 0. The molecule has 0 unspecified atom stereocenters. The summed E-state index contributed by atoms with van der Waals surface area (Å²) in [4.78, 5) is 29.1. The maximum atomic E-state index is 5.24. The number of rotatable bonds is 11. The molecule has 0 aliphatic carbocycles. The van der Waals surface area contributed by atoms with Crippen molar-refractivity contribution in [3.8, 4) is 90.1 Å². The molecule has 0 bridgehead atoms. The Morgan fingerprint density at radius 2 is 0.803 bits per heavy atom. The van der Waals surface area contributed by atoms with E-state index in [1.807, 2.05) is 37.3 Å². The fraction of sp³-hybridized carbons (Fsp3) is 0.0182. The quantitative estimate of drug-likeness (QED) is 0.122. The zero-order valence-corrected chi connectivity index (χ0v) is 33.6. The van der Waals surface area contributed by atoms with Crippen molar-refractivity contribution in [1.82, 2.24) is 24.9 Å². The second-order valence-electron chi connectivity index (χ2n) is 14.5. The minimum Gasteiger partial charge on any atom is -0.257 e. The molecule has 0 atom stereocenters. The van der Waals surface area contributed by atoms with E-state index >= 15 is 0 Å². The van der Waals surface area contributed by atoms with E-state index in [0.29, 0.717) is 29.0 Å². The molecule has 0 aliphatic heterocycles. The van der Waals surface area contributed by atoms with Crippen LogP contribution in [-0.2, 0) is 0 Å². The van der Waals surface area contributed by atoms with Crippen LogP contribution in [0.1, 0.15) is 12.5 Å². The van der Waals surface area contributed by atoms with Crippen LogP contribution in [0.25, 0.3) is 95.8 Å². The van der Waals surface area contributed by atoms with Crippen LogP contribution in [0.3, 0.4) is 0 Å². The second-order valence-corrected chi connectivity index (χ2v) is 14.5. The molecule has 0 aliphatic rings. The number of hydrogen-bond acceptors (Lipinski definition) is 6. The molecule has 2 heterocycles. The Labute approximate surface area is 356 Å². The Kier molecular flexibility index (Phi) is 11.1. The van der Waals surface area contributed by atoms with E-state index in [-0.39, 0.29) is 0 Å². The first-order valence-corrected chi connectivity index (χ1v) is 20.1. The lowest BCUT2D eigenvalue weighted by Crippen LogP contribution is -2.01. The number of benzene rings is 7. The Morgan fingerprint density at radius 1 is 0.393 bits per heavy atom. The van der Waals surface area contributed by atoms with Crippen LogP contribution in [0.5, 0.6) is 0 Å². The first-order valence-electron chi connectivity index (χ1n) is 20.1. The highest BCUT2D eigenvalue weighted by Crippen LogP contribution is 2.35. The molecule has 61 heavy (non-hydrogen) atoms. The lowest BCUT2D eigenvalue weighted by Gasteiger charge is -2.14. The first-order chi connectivity index (χ1) is 30.1. The van der Waals surface area contributed by atoms with Crippen LogP contribution in [0.2, 0.25) is 0 Å². The minimum absolute atomic E-state index is 0.566. The highest BCUT2D eigenvalue weighted by molar-refractivity contribution is 5.83. The van der Waals surface area contributed by atoms with Crippen molar-refractivity contribution in [2.24, 2.45) is 4.99 Å². The Bertz CT molecular complexity index is 2910. The Morgan fingerprint density at radius 3 is 1.33 bits per heavy atom. The van der Waals surface area contributed by atoms with Crippen LogP contribution in [0.4, 0.5) is 0 Å². The monoisotopic (exact) mass is 784 g/mol. The van der Waals surface area contributed by atoms with Gasteiger partial charge in [0.15, 0.2) is 23.3 Å². The molecule has 6 heteroatoms. The number of aliphatic imine (C=N–C) groups is 1. The molecule has 7 aromatic carbocycles. The summed E-state index contributed by atoms with van der Waals surface area (Å²) in [5.41, 5.74) is 13.7. The minimum atomic E-state index is 0.566. The first kappa shape index (κ1) is 38.3. The maximum absolute atomic E-state index is 5.24. The number of nitrogens with zero attached hydrogens (tertiary/aromatic N) is 6. The molecule has 0 radical (unpaired) electrons. The van der Waals surface area contributed by atoms with Crippen molar-refractivity contribution >= 4 is 11.9 Å². The highest BCUT2D eigenvalue weighted by atomic mass is 15.0. The van der Waals surface area contributed by atoms with Gasteiger partial charge in [-0.15, -0.1) is 0 Å². The lowest BCUT2D eigenvalue weighted by atomic mass is 9.94. The fourth-order valence-electron chi connectivity index (χ4n) is 7.20. The van der Waals surface area contributed by atoms with Gasteiger partial charge < -0.3 is 0 Å². The van der Waals surface area contributed by atoms with Gasteiger partial charge in [-0.2, -0.15) is 0 Å². The molecule has 2 aromatic heterocycles. The van der Waals surface area contributed by atoms with Crippen molar-refractivity contribution in [1.29, 1.82) is 0 Å². The molecule has 0 saturated heterocycles. The molecule has 290 valence electrons. The SMILES string of the molecule is C=C(N=C/C=C\C)c1ccc(-c2cc(-c3ccc(-c4ncccn4)cc3)cc(-c3nc(-c4cccc(-c5ccccc5)c4)nc(-c4cccc(-c5ccccc5)c4)n3)c2)cc1. The predicted octanol–water partition coefficient (Wildman–Crippen LogP) is 13.6. The lowest BCUT2D eigenvalue weighted by molar-refractivity contribution is 1.07. The summed E-state index contributed by atoms with van der Waals surface area (Å²) < 4.78 is 0. The van der Waals surface area contributed by atoms with Crippen molar-refractivity contribution in [3.05, 3.63) is 219 Å². The third kappa shape index (κ3) is 8.80. The van der Waals surface area contributed by atoms with E-state index in [1.54, 1.807) is 18.6 Å². The summed E-state index contributed by atoms with van der Waals surface area (Å²) in [6, 6.07) is 62.5. The van der Waals surface area contributed by atoms with Crippen LogP contribution in [-0.4, -0.2) is 31.1 Å². The van der Waals surface area contributed by atoms with Gasteiger partial charge in [-0.05, 0) is 99.5 Å². The van der Waals surface area contributed by atoms with E-state index in [4.69, 9.17) is 15.0 Å². The maximum Gasteiger partial charge on any atom is 0.164 e. The van der Waals surface area contributed by atoms with E-state index in [9.17, 15) is 0 Å². The molecule has 0 amide bonds. The third-order valence-electron chi connectivity index (χ3n) is 10.4. The van der Waals surface area contributed by atoms with Gasteiger partial charge in [0.05, 0.1) is 5.70 Å². The fourth-order valence-corrected chi connectivity index (χ4v) is 7.20. The summed E-state index contributed by atoms with van der Waals surface area (Å²) in [5.74, 6) is 2.42. The summed E-state index contributed by atoms with van der Waals surface area (Å²) in [5, 5.41) is 0. The molecule has 9 aromatic rings. The molecule has 0 saturated carbocycles. The molecule has 0 fully saturated rings. The van der Waals surface area contributed by atoms with Gasteiger partial charge in [0, 0.05) is 40.9 Å². The van der Waals surface area contributed by atoms with Gasteiger partial charge in [-0.3, -0.25) is 4.99 Å². The summed E-state index contributed by atoms with van der Waals surface area (Å²) in [7, 11) is 0. The van der Waals surface area contributed by atoms with E-state index in [0.717, 1.165) is 72.3 Å². The van der Waals surface area contributed by atoms with E-state index in [1.165, 1.54) is 0 Å². The average Bonchev–Trinajstić information content (AvgIpc) is 3.35. The predicted molar refractivity (Wildman–Crippen MR) is 251 cm³/mol. The van der Waals surface area contributed by atoms with E-state index < -0.39 is 0 Å². The van der Waals surface area contributed by atoms with Gasteiger partial charge in [-0.25, -0.2) is 24.9 Å². The molecular formula is C55H40N6. The van der Waals surface area contributed by atoms with Crippen molar-refractivity contribution in [2.45, 2.75) is 6.92 Å². The Balaban J connectivity index is 1.20. The van der Waals surface area contributed by atoms with Crippen LogP contribution >= 0.6 is 0 Å². The van der Waals surface area contributed by atoms with Gasteiger partial charge in [0.25, 0.3) is 0 Å². The second kappa shape index (κ2) is 17.7. The van der Waals surface area contributed by atoms with Crippen LogP contribution < -0.4 is 0 Å². The van der Waals surface area contributed by atoms with Gasteiger partial charge >= 0.3 is 0 Å².